The minimum absolute atomic E-state index is 0.00169. The highest BCUT2D eigenvalue weighted by Crippen LogP contribution is 2.28. The second-order valence-corrected chi connectivity index (χ2v) is 7.21. The molecule has 0 fully saturated rings. The number of aryl methyl sites for hydroxylation is 2. The Morgan fingerprint density at radius 2 is 1.76 bits per heavy atom. The fourth-order valence-corrected chi connectivity index (χ4v) is 3.68. The fourth-order valence-electron chi connectivity index (χ4n) is 1.82. The van der Waals surface area contributed by atoms with E-state index in [0.717, 1.165) is 11.1 Å². The van der Waals surface area contributed by atoms with Gasteiger partial charge in [0.15, 0.2) is 0 Å². The van der Waals surface area contributed by atoms with Crippen LogP contribution < -0.4 is 10.5 Å². The zero-order valence-electron chi connectivity index (χ0n) is 11.4. The van der Waals surface area contributed by atoms with Crippen LogP contribution in [0.25, 0.3) is 0 Å². The number of nitrogen functional groups attached to an aromatic ring is 1. The van der Waals surface area contributed by atoms with Crippen LogP contribution in [0.5, 0.6) is 0 Å². The molecule has 0 bridgehead atoms. The van der Waals surface area contributed by atoms with Crippen LogP contribution in [0, 0.1) is 19.7 Å². The molecule has 3 N–H and O–H groups in total. The number of sulfonamides is 1. The highest BCUT2D eigenvalue weighted by Gasteiger charge is 2.19. The molecule has 0 radical (unpaired) electrons. The smallest absolute Gasteiger partial charge is 0.263 e. The third-order valence-electron chi connectivity index (χ3n) is 3.09. The van der Waals surface area contributed by atoms with Gasteiger partial charge in [-0.15, -0.1) is 0 Å². The second kappa shape index (κ2) is 5.65. The Balaban J connectivity index is 2.46. The zero-order chi connectivity index (χ0) is 15.8. The van der Waals surface area contributed by atoms with E-state index in [2.05, 4.69) is 20.7 Å². The second-order valence-electron chi connectivity index (χ2n) is 4.70. The molecule has 7 heteroatoms. The van der Waals surface area contributed by atoms with Crippen molar-refractivity contribution in [2.45, 2.75) is 18.7 Å². The van der Waals surface area contributed by atoms with Crippen LogP contribution >= 0.6 is 15.9 Å². The van der Waals surface area contributed by atoms with Crippen LogP contribution in [0.4, 0.5) is 15.8 Å². The topological polar surface area (TPSA) is 72.2 Å². The first kappa shape index (κ1) is 15.8. The van der Waals surface area contributed by atoms with E-state index in [-0.39, 0.29) is 16.3 Å². The van der Waals surface area contributed by atoms with Gasteiger partial charge in [-0.25, -0.2) is 12.8 Å². The maximum absolute atomic E-state index is 13.0. The molecule has 0 heterocycles. The van der Waals surface area contributed by atoms with Gasteiger partial charge in [0.1, 0.15) is 10.7 Å². The number of nitrogens with one attached hydrogen (secondary N) is 1. The van der Waals surface area contributed by atoms with Crippen LogP contribution in [0.15, 0.2) is 39.7 Å². The molecule has 0 aliphatic carbocycles. The Morgan fingerprint density at radius 3 is 2.38 bits per heavy atom. The highest BCUT2D eigenvalue weighted by molar-refractivity contribution is 9.10. The molecule has 0 saturated heterocycles. The number of hydrogen-bond acceptors (Lipinski definition) is 3. The molecule has 21 heavy (non-hydrogen) atoms. The minimum atomic E-state index is -3.85. The van der Waals surface area contributed by atoms with Gasteiger partial charge < -0.3 is 5.73 Å². The first-order chi connectivity index (χ1) is 9.70. The van der Waals surface area contributed by atoms with Gasteiger partial charge in [0.2, 0.25) is 0 Å². The lowest BCUT2D eigenvalue weighted by atomic mass is 10.1. The summed E-state index contributed by atoms with van der Waals surface area (Å²) >= 11 is 3.12. The van der Waals surface area contributed by atoms with E-state index in [1.807, 2.05) is 13.8 Å². The van der Waals surface area contributed by atoms with E-state index in [1.54, 1.807) is 6.07 Å². The van der Waals surface area contributed by atoms with Crippen LogP contribution in [-0.4, -0.2) is 8.42 Å². The van der Waals surface area contributed by atoms with Gasteiger partial charge in [0.25, 0.3) is 10.0 Å². The summed E-state index contributed by atoms with van der Waals surface area (Å²) < 4.78 is 40.6. The lowest BCUT2D eigenvalue weighted by molar-refractivity contribution is 0.601. The first-order valence-electron chi connectivity index (χ1n) is 6.05. The Hall–Kier alpha value is -1.60. The Labute approximate surface area is 131 Å². The summed E-state index contributed by atoms with van der Waals surface area (Å²) in [6.07, 6.45) is 0. The third kappa shape index (κ3) is 3.36. The van der Waals surface area contributed by atoms with E-state index in [0.29, 0.717) is 4.47 Å². The number of nitrogens with two attached hydrogens (primary N) is 1. The predicted molar refractivity (Wildman–Crippen MR) is 85.2 cm³/mol. The van der Waals surface area contributed by atoms with Crippen LogP contribution in [0.2, 0.25) is 0 Å². The maximum Gasteiger partial charge on any atom is 0.263 e. The largest absolute Gasteiger partial charge is 0.398 e. The normalized spacial score (nSPS) is 11.4. The standard InChI is InChI=1S/C14H14BrFN2O2S/c1-8-5-12(17)14(6-9(8)2)21(19,20)18-13-4-3-10(16)7-11(13)15/h3-7,18H,17H2,1-2H3. The molecular weight excluding hydrogens is 359 g/mol. The maximum atomic E-state index is 13.0. The number of benzene rings is 2. The van der Waals surface area contributed by atoms with E-state index in [4.69, 9.17) is 5.73 Å². The van der Waals surface area contributed by atoms with Gasteiger partial charge in [-0.1, -0.05) is 0 Å². The van der Waals surface area contributed by atoms with Gasteiger partial charge in [-0.3, -0.25) is 4.72 Å². The van der Waals surface area contributed by atoms with E-state index in [1.165, 1.54) is 24.3 Å². The van der Waals surface area contributed by atoms with Crippen molar-refractivity contribution in [2.24, 2.45) is 0 Å². The molecular formula is C14H14BrFN2O2S. The summed E-state index contributed by atoms with van der Waals surface area (Å²) in [5.41, 5.74) is 7.95. The van der Waals surface area contributed by atoms with E-state index in [9.17, 15) is 12.8 Å². The molecule has 112 valence electrons. The van der Waals surface area contributed by atoms with Crippen molar-refractivity contribution in [3.05, 3.63) is 51.7 Å². The summed E-state index contributed by atoms with van der Waals surface area (Å²) in [6, 6.07) is 6.83. The van der Waals surface area contributed by atoms with Gasteiger partial charge in [-0.05, 0) is 71.2 Å². The fraction of sp³-hybridized carbons (Fsp3) is 0.143. The molecule has 0 aromatic heterocycles. The predicted octanol–water partition coefficient (Wildman–Crippen LogP) is 3.59. The quantitative estimate of drug-likeness (QED) is 0.808. The van der Waals surface area contributed by atoms with Crippen molar-refractivity contribution < 1.29 is 12.8 Å². The molecule has 4 nitrogen and oxygen atoms in total. The minimum Gasteiger partial charge on any atom is -0.398 e. The van der Waals surface area contributed by atoms with Crippen molar-refractivity contribution in [3.8, 4) is 0 Å². The van der Waals surface area contributed by atoms with Gasteiger partial charge in [-0.2, -0.15) is 0 Å². The SMILES string of the molecule is Cc1cc(N)c(S(=O)(=O)Nc2ccc(F)cc2Br)cc1C. The van der Waals surface area contributed by atoms with E-state index >= 15 is 0 Å². The highest BCUT2D eigenvalue weighted by atomic mass is 79.9. The van der Waals surface area contributed by atoms with Gasteiger partial charge in [0.05, 0.1) is 11.4 Å². The van der Waals surface area contributed by atoms with Crippen molar-refractivity contribution in [3.63, 3.8) is 0 Å². The number of anilines is 2. The summed E-state index contributed by atoms with van der Waals surface area (Å²) in [5, 5.41) is 0. The first-order valence-corrected chi connectivity index (χ1v) is 8.33. The number of rotatable bonds is 3. The third-order valence-corrected chi connectivity index (χ3v) is 5.17. The van der Waals surface area contributed by atoms with Gasteiger partial charge in [0, 0.05) is 4.47 Å². The molecule has 0 aliphatic heterocycles. The van der Waals surface area contributed by atoms with Gasteiger partial charge >= 0.3 is 0 Å². The van der Waals surface area contributed by atoms with Crippen molar-refractivity contribution >= 4 is 37.3 Å². The van der Waals surface area contributed by atoms with Crippen molar-refractivity contribution in [1.29, 1.82) is 0 Å². The molecule has 0 aliphatic rings. The van der Waals surface area contributed by atoms with Crippen LogP contribution in [0.1, 0.15) is 11.1 Å². The summed E-state index contributed by atoms with van der Waals surface area (Å²) in [5.74, 6) is -0.462. The lowest BCUT2D eigenvalue weighted by Gasteiger charge is -2.13. The summed E-state index contributed by atoms with van der Waals surface area (Å²) in [7, 11) is -3.85. The summed E-state index contributed by atoms with van der Waals surface area (Å²) in [4.78, 5) is 0.00169. The molecule has 0 amide bonds. The average molecular weight is 373 g/mol. The van der Waals surface area contributed by atoms with Crippen molar-refractivity contribution in [1.82, 2.24) is 0 Å². The molecule has 0 atom stereocenters. The molecule has 0 unspecified atom stereocenters. The molecule has 2 aromatic rings. The Morgan fingerprint density at radius 1 is 1.14 bits per heavy atom. The molecule has 2 aromatic carbocycles. The van der Waals surface area contributed by atoms with Crippen LogP contribution in [0.3, 0.4) is 0 Å². The zero-order valence-corrected chi connectivity index (χ0v) is 13.8. The Kier molecular flexibility index (Phi) is 4.25. The lowest BCUT2D eigenvalue weighted by Crippen LogP contribution is -2.15. The monoisotopic (exact) mass is 372 g/mol. The molecule has 0 spiro atoms. The average Bonchev–Trinajstić information content (AvgIpc) is 2.37. The number of hydrogen-bond donors (Lipinski definition) is 2. The number of halogens is 2. The molecule has 2 rings (SSSR count). The van der Waals surface area contributed by atoms with Crippen molar-refractivity contribution in [2.75, 3.05) is 10.5 Å². The summed E-state index contributed by atoms with van der Waals surface area (Å²) in [6.45, 7) is 3.66. The Bertz CT molecular complexity index is 807. The molecule has 0 saturated carbocycles. The van der Waals surface area contributed by atoms with Crippen LogP contribution in [-0.2, 0) is 10.0 Å². The van der Waals surface area contributed by atoms with E-state index < -0.39 is 15.8 Å².